The van der Waals surface area contributed by atoms with Crippen LogP contribution in [0.5, 0.6) is 0 Å². The molecule has 1 aliphatic carbocycles. The molecule has 23 heavy (non-hydrogen) atoms. The molecule has 0 spiro atoms. The molecule has 6 heteroatoms. The Hall–Kier alpha value is -2.86. The molecule has 0 heterocycles. The zero-order valence-electron chi connectivity index (χ0n) is 12.9. The first-order valence-corrected chi connectivity index (χ1v) is 7.28. The quantitative estimate of drug-likeness (QED) is 0.608. The summed E-state index contributed by atoms with van der Waals surface area (Å²) >= 11 is 0. The lowest BCUT2D eigenvalue weighted by molar-refractivity contribution is -0.165. The normalized spacial score (nSPS) is 19.7. The summed E-state index contributed by atoms with van der Waals surface area (Å²) in [5, 5.41) is 19.1. The molecule has 0 saturated heterocycles. The van der Waals surface area contributed by atoms with Gasteiger partial charge in [0.15, 0.2) is 5.41 Å². The van der Waals surface area contributed by atoms with Crippen molar-refractivity contribution in [1.29, 1.82) is 10.5 Å². The van der Waals surface area contributed by atoms with Crippen LogP contribution >= 0.6 is 0 Å². The molecule has 0 radical (unpaired) electrons. The second-order valence-corrected chi connectivity index (χ2v) is 5.12. The highest BCUT2D eigenvalue weighted by Gasteiger charge is 2.89. The predicted molar refractivity (Wildman–Crippen MR) is 78.5 cm³/mol. The van der Waals surface area contributed by atoms with E-state index in [1.807, 2.05) is 12.1 Å². The van der Waals surface area contributed by atoms with E-state index in [0.29, 0.717) is 5.56 Å². The largest absolute Gasteiger partial charge is 0.465 e. The molecular formula is C17H16N2O4. The Morgan fingerprint density at radius 3 is 1.91 bits per heavy atom. The minimum absolute atomic E-state index is 0.0361. The van der Waals surface area contributed by atoms with Crippen molar-refractivity contribution in [3.8, 4) is 12.1 Å². The summed E-state index contributed by atoms with van der Waals surface area (Å²) in [4.78, 5) is 25.1. The van der Waals surface area contributed by atoms with Gasteiger partial charge in [-0.1, -0.05) is 30.3 Å². The van der Waals surface area contributed by atoms with Crippen LogP contribution in [-0.2, 0) is 19.1 Å². The average Bonchev–Trinajstić information content (AvgIpc) is 3.21. The van der Waals surface area contributed by atoms with E-state index >= 15 is 0 Å². The van der Waals surface area contributed by atoms with E-state index in [2.05, 4.69) is 0 Å². The van der Waals surface area contributed by atoms with Gasteiger partial charge in [0, 0.05) is 5.92 Å². The van der Waals surface area contributed by atoms with Gasteiger partial charge in [0.05, 0.1) is 25.4 Å². The third-order valence-electron chi connectivity index (χ3n) is 4.09. The molecule has 1 aromatic rings. The van der Waals surface area contributed by atoms with Crippen molar-refractivity contribution in [2.75, 3.05) is 13.2 Å². The molecule has 118 valence electrons. The van der Waals surface area contributed by atoms with Crippen LogP contribution in [0.25, 0.3) is 0 Å². The number of nitrogens with zero attached hydrogens (tertiary/aromatic N) is 2. The lowest BCUT2D eigenvalue weighted by Crippen LogP contribution is -2.35. The van der Waals surface area contributed by atoms with E-state index in [9.17, 15) is 20.1 Å². The van der Waals surface area contributed by atoms with Gasteiger partial charge in [0.1, 0.15) is 0 Å². The van der Waals surface area contributed by atoms with Gasteiger partial charge in [0.2, 0.25) is 5.41 Å². The molecular weight excluding hydrogens is 296 g/mol. The molecule has 0 amide bonds. The second-order valence-electron chi connectivity index (χ2n) is 5.12. The Kier molecular flexibility index (Phi) is 4.38. The van der Waals surface area contributed by atoms with Gasteiger partial charge in [-0.3, -0.25) is 9.59 Å². The highest BCUT2D eigenvalue weighted by Crippen LogP contribution is 2.74. The zero-order chi connectivity index (χ0) is 17.1. The van der Waals surface area contributed by atoms with Crippen molar-refractivity contribution in [3.05, 3.63) is 35.9 Å². The number of esters is 2. The Morgan fingerprint density at radius 1 is 1.04 bits per heavy atom. The number of nitriles is 2. The van der Waals surface area contributed by atoms with Gasteiger partial charge in [-0.25, -0.2) is 0 Å². The molecule has 0 N–H and O–H groups in total. The van der Waals surface area contributed by atoms with Crippen molar-refractivity contribution < 1.29 is 19.1 Å². The SMILES string of the molecule is CCOC(=O)C1(C(=O)OCC)C(c2ccccc2)C1(C#N)C#N. The van der Waals surface area contributed by atoms with Crippen LogP contribution in [-0.4, -0.2) is 25.2 Å². The summed E-state index contributed by atoms with van der Waals surface area (Å²) in [7, 11) is 0. The Bertz CT molecular complexity index is 668. The molecule has 1 atom stereocenters. The third-order valence-corrected chi connectivity index (χ3v) is 4.09. The van der Waals surface area contributed by atoms with E-state index in [-0.39, 0.29) is 13.2 Å². The predicted octanol–water partition coefficient (Wildman–Crippen LogP) is 1.93. The van der Waals surface area contributed by atoms with E-state index in [4.69, 9.17) is 9.47 Å². The number of hydrogen-bond acceptors (Lipinski definition) is 6. The first-order chi connectivity index (χ1) is 11.1. The summed E-state index contributed by atoms with van der Waals surface area (Å²) in [5.74, 6) is -2.70. The zero-order valence-corrected chi connectivity index (χ0v) is 12.9. The van der Waals surface area contributed by atoms with E-state index in [0.717, 1.165) is 0 Å². The van der Waals surface area contributed by atoms with Gasteiger partial charge in [-0.2, -0.15) is 10.5 Å². The highest BCUT2D eigenvalue weighted by molar-refractivity contribution is 6.09. The second kappa shape index (κ2) is 6.10. The summed E-state index contributed by atoms with van der Waals surface area (Å²) in [6, 6.07) is 12.3. The summed E-state index contributed by atoms with van der Waals surface area (Å²) in [5.41, 5.74) is -3.21. The Morgan fingerprint density at radius 2 is 1.52 bits per heavy atom. The van der Waals surface area contributed by atoms with Gasteiger partial charge in [-0.05, 0) is 19.4 Å². The third kappa shape index (κ3) is 2.07. The van der Waals surface area contributed by atoms with Crippen LogP contribution in [0.3, 0.4) is 0 Å². The summed E-state index contributed by atoms with van der Waals surface area (Å²) < 4.78 is 10.0. The number of carbonyl (C=O) groups excluding carboxylic acids is 2. The van der Waals surface area contributed by atoms with E-state index in [1.54, 1.807) is 44.2 Å². The Labute approximate surface area is 134 Å². The molecule has 6 nitrogen and oxygen atoms in total. The molecule has 1 aromatic carbocycles. The highest BCUT2D eigenvalue weighted by atomic mass is 16.6. The number of ether oxygens (including phenoxy) is 2. The molecule has 0 aromatic heterocycles. The minimum Gasteiger partial charge on any atom is -0.465 e. The van der Waals surface area contributed by atoms with Crippen LogP contribution < -0.4 is 0 Å². The standard InChI is InChI=1S/C17H16N2O4/c1-3-22-14(20)17(15(21)23-4-2)13(16(17,10-18)11-19)12-8-6-5-7-9-12/h5-9,13H,3-4H2,1-2H3. The summed E-state index contributed by atoms with van der Waals surface area (Å²) in [6.07, 6.45) is 0. The number of carbonyl (C=O) groups is 2. The molecule has 1 aliphatic rings. The number of benzene rings is 1. The minimum atomic E-state index is -1.94. The number of hydrogen-bond donors (Lipinski definition) is 0. The van der Waals surface area contributed by atoms with Gasteiger partial charge in [0.25, 0.3) is 0 Å². The topological polar surface area (TPSA) is 100 Å². The van der Waals surface area contributed by atoms with Gasteiger partial charge >= 0.3 is 11.9 Å². The van der Waals surface area contributed by atoms with E-state index < -0.39 is 28.7 Å². The van der Waals surface area contributed by atoms with Gasteiger partial charge in [-0.15, -0.1) is 0 Å². The van der Waals surface area contributed by atoms with E-state index in [1.165, 1.54) is 0 Å². The van der Waals surface area contributed by atoms with Gasteiger partial charge < -0.3 is 9.47 Å². The monoisotopic (exact) mass is 312 g/mol. The van der Waals surface area contributed by atoms with Crippen LogP contribution in [0.1, 0.15) is 25.3 Å². The Balaban J connectivity index is 2.64. The van der Waals surface area contributed by atoms with Crippen molar-refractivity contribution in [3.63, 3.8) is 0 Å². The summed E-state index contributed by atoms with van der Waals surface area (Å²) in [6.45, 7) is 3.26. The molecule has 1 fully saturated rings. The number of rotatable bonds is 5. The fourth-order valence-corrected chi connectivity index (χ4v) is 3.08. The molecule has 0 bridgehead atoms. The maximum absolute atomic E-state index is 12.5. The van der Waals surface area contributed by atoms with Crippen molar-refractivity contribution >= 4 is 11.9 Å². The molecule has 1 saturated carbocycles. The molecule has 1 unspecified atom stereocenters. The smallest absolute Gasteiger partial charge is 0.327 e. The van der Waals surface area contributed by atoms with Crippen LogP contribution in [0, 0.1) is 33.5 Å². The molecule has 2 rings (SSSR count). The fraction of sp³-hybridized carbons (Fsp3) is 0.412. The maximum Gasteiger partial charge on any atom is 0.327 e. The van der Waals surface area contributed by atoms with Crippen LogP contribution in [0.4, 0.5) is 0 Å². The van der Waals surface area contributed by atoms with Crippen LogP contribution in [0.2, 0.25) is 0 Å². The lowest BCUT2D eigenvalue weighted by atomic mass is 9.95. The fourth-order valence-electron chi connectivity index (χ4n) is 3.08. The average molecular weight is 312 g/mol. The molecule has 0 aliphatic heterocycles. The van der Waals surface area contributed by atoms with Crippen LogP contribution in [0.15, 0.2) is 30.3 Å². The lowest BCUT2D eigenvalue weighted by Gasteiger charge is -2.15. The first kappa shape index (κ1) is 16.5. The van der Waals surface area contributed by atoms with Crippen molar-refractivity contribution in [2.45, 2.75) is 19.8 Å². The van der Waals surface area contributed by atoms with Crippen molar-refractivity contribution in [1.82, 2.24) is 0 Å². The van der Waals surface area contributed by atoms with Crippen molar-refractivity contribution in [2.24, 2.45) is 10.8 Å². The maximum atomic E-state index is 12.5. The first-order valence-electron chi connectivity index (χ1n) is 7.28.